The summed E-state index contributed by atoms with van der Waals surface area (Å²) in [6, 6.07) is 25.7. The zero-order valence-electron chi connectivity index (χ0n) is 34.1. The summed E-state index contributed by atoms with van der Waals surface area (Å²) in [5.41, 5.74) is 7.23. The van der Waals surface area contributed by atoms with Gasteiger partial charge in [-0.05, 0) is 195 Å². The van der Waals surface area contributed by atoms with Gasteiger partial charge in [0.2, 0.25) is 0 Å². The smallest absolute Gasteiger partial charge is 0.129 e. The third-order valence-electron chi connectivity index (χ3n) is 14.9. The van der Waals surface area contributed by atoms with E-state index in [1.165, 1.54) is 133 Å². The molecule has 0 nitrogen and oxygen atoms in total. The fourth-order valence-corrected chi connectivity index (χ4v) is 10.8. The minimum atomic E-state index is -0.477. The molecule has 4 aliphatic rings. The molecule has 0 aromatic heterocycles. The van der Waals surface area contributed by atoms with E-state index in [-0.39, 0.29) is 11.4 Å². The van der Waals surface area contributed by atoms with Crippen LogP contribution in [0, 0.1) is 66.8 Å². The summed E-state index contributed by atoms with van der Waals surface area (Å²) >= 11 is 0. The van der Waals surface area contributed by atoms with Crippen LogP contribution in [0.15, 0.2) is 78.9 Å². The van der Waals surface area contributed by atoms with Gasteiger partial charge in [0.15, 0.2) is 0 Å². The van der Waals surface area contributed by atoms with Gasteiger partial charge in [-0.2, -0.15) is 0 Å². The standard InChI is InChI=1S/C26H32F2.C26H33F/c1-17-3-5-19(6-4-17)20-7-9-21(10-8-20)22-11-13-23(14-12-22)24-15-25(27)18(2)26(28)16-24;1-18-3-6-20(7-4-18)21-9-11-22(12-10-21)23-13-15-24(16-14-23)25-8-5-19(2)26(27)17-25/h11-17,19-21H,3-10H2,1-2H3;5,8,13-18,20-22H,3-4,6-7,9-12H2,1-2H3. The van der Waals surface area contributed by atoms with Crippen LogP contribution in [0.5, 0.6) is 0 Å². The molecule has 4 fully saturated rings. The molecule has 0 aliphatic heterocycles. The van der Waals surface area contributed by atoms with E-state index in [2.05, 4.69) is 50.2 Å². The van der Waals surface area contributed by atoms with E-state index in [9.17, 15) is 13.2 Å². The van der Waals surface area contributed by atoms with Crippen LogP contribution in [-0.4, -0.2) is 0 Å². The summed E-state index contributed by atoms with van der Waals surface area (Å²) < 4.78 is 41.6. The van der Waals surface area contributed by atoms with Crippen molar-refractivity contribution in [2.24, 2.45) is 35.5 Å². The lowest BCUT2D eigenvalue weighted by Gasteiger charge is -2.37. The SMILES string of the molecule is Cc1c(F)cc(-c2ccc(C3CCC(C4CCC(C)CC4)CC3)cc2)cc1F.Cc1ccc(-c2ccc(C3CCC(C4CCC(C)CC4)CC3)cc2)cc1F. The highest BCUT2D eigenvalue weighted by Gasteiger charge is 2.32. The summed E-state index contributed by atoms with van der Waals surface area (Å²) in [6.07, 6.45) is 22.4. The zero-order valence-corrected chi connectivity index (χ0v) is 34.1. The molecule has 0 radical (unpaired) electrons. The van der Waals surface area contributed by atoms with Crippen LogP contribution < -0.4 is 0 Å². The van der Waals surface area contributed by atoms with Gasteiger partial charge in [0.1, 0.15) is 17.5 Å². The fraction of sp³-hybridized carbons (Fsp3) is 0.538. The topological polar surface area (TPSA) is 0 Å². The number of benzene rings is 4. The Morgan fingerprint density at radius 3 is 1.07 bits per heavy atom. The quantitative estimate of drug-likeness (QED) is 0.184. The van der Waals surface area contributed by atoms with Crippen molar-refractivity contribution in [2.75, 3.05) is 0 Å². The molecular formula is C52H65F3. The summed E-state index contributed by atoms with van der Waals surface area (Å²) in [5.74, 6) is 6.04. The lowest BCUT2D eigenvalue weighted by Crippen LogP contribution is -2.24. The Hall–Kier alpha value is -3.33. The first-order chi connectivity index (χ1) is 26.6. The number of hydrogen-bond acceptors (Lipinski definition) is 0. The second-order valence-electron chi connectivity index (χ2n) is 18.5. The molecule has 0 amide bonds. The molecular weight excluding hydrogens is 682 g/mol. The predicted octanol–water partition coefficient (Wildman–Crippen LogP) is 15.9. The summed E-state index contributed by atoms with van der Waals surface area (Å²) in [5, 5.41) is 0. The van der Waals surface area contributed by atoms with Gasteiger partial charge in [-0.3, -0.25) is 0 Å². The van der Waals surface area contributed by atoms with Crippen molar-refractivity contribution in [3.63, 3.8) is 0 Å². The first-order valence-corrected chi connectivity index (χ1v) is 22.0. The van der Waals surface area contributed by atoms with Crippen molar-refractivity contribution in [1.29, 1.82) is 0 Å². The molecule has 0 spiro atoms. The van der Waals surface area contributed by atoms with Crippen LogP contribution in [0.4, 0.5) is 13.2 Å². The maximum Gasteiger partial charge on any atom is 0.129 e. The highest BCUT2D eigenvalue weighted by Crippen LogP contribution is 2.45. The largest absolute Gasteiger partial charge is 0.207 e. The molecule has 4 saturated carbocycles. The molecule has 3 heteroatoms. The highest BCUT2D eigenvalue weighted by molar-refractivity contribution is 5.65. The number of halogens is 3. The molecule has 0 bridgehead atoms. The van der Waals surface area contributed by atoms with Crippen molar-refractivity contribution in [2.45, 2.75) is 142 Å². The van der Waals surface area contributed by atoms with Crippen molar-refractivity contribution in [3.05, 3.63) is 119 Å². The number of rotatable bonds is 6. The monoisotopic (exact) mass is 747 g/mol. The van der Waals surface area contributed by atoms with Crippen molar-refractivity contribution >= 4 is 0 Å². The van der Waals surface area contributed by atoms with Gasteiger partial charge in [-0.15, -0.1) is 0 Å². The Kier molecular flexibility index (Phi) is 13.3. The molecule has 4 aliphatic carbocycles. The maximum atomic E-state index is 13.9. The third kappa shape index (κ3) is 9.98. The van der Waals surface area contributed by atoms with Crippen molar-refractivity contribution in [1.82, 2.24) is 0 Å². The third-order valence-corrected chi connectivity index (χ3v) is 14.9. The van der Waals surface area contributed by atoms with E-state index < -0.39 is 11.6 Å². The summed E-state index contributed by atoms with van der Waals surface area (Å²) in [7, 11) is 0. The first-order valence-electron chi connectivity index (χ1n) is 22.0. The molecule has 294 valence electrons. The minimum absolute atomic E-state index is 0.0875. The zero-order chi connectivity index (χ0) is 38.5. The van der Waals surface area contributed by atoms with Gasteiger partial charge in [0.25, 0.3) is 0 Å². The molecule has 0 N–H and O–H groups in total. The molecule has 0 atom stereocenters. The fourth-order valence-electron chi connectivity index (χ4n) is 10.8. The highest BCUT2D eigenvalue weighted by atomic mass is 19.1. The van der Waals surface area contributed by atoms with Crippen LogP contribution in [0.3, 0.4) is 0 Å². The molecule has 55 heavy (non-hydrogen) atoms. The van der Waals surface area contributed by atoms with E-state index in [0.29, 0.717) is 23.0 Å². The molecule has 0 unspecified atom stereocenters. The van der Waals surface area contributed by atoms with Crippen LogP contribution in [0.2, 0.25) is 0 Å². The Morgan fingerprint density at radius 1 is 0.364 bits per heavy atom. The Bertz CT molecular complexity index is 1790. The van der Waals surface area contributed by atoms with E-state index in [4.69, 9.17) is 0 Å². The van der Waals surface area contributed by atoms with Crippen LogP contribution in [-0.2, 0) is 0 Å². The Balaban J connectivity index is 0.000000169. The lowest BCUT2D eigenvalue weighted by atomic mass is 9.68. The second kappa shape index (κ2) is 18.3. The van der Waals surface area contributed by atoms with E-state index in [0.717, 1.165) is 52.2 Å². The lowest BCUT2D eigenvalue weighted by molar-refractivity contribution is 0.165. The van der Waals surface area contributed by atoms with E-state index >= 15 is 0 Å². The molecule has 0 heterocycles. The Labute approximate surface area is 330 Å². The number of hydrogen-bond donors (Lipinski definition) is 0. The molecule has 4 aromatic rings. The van der Waals surface area contributed by atoms with Gasteiger partial charge < -0.3 is 0 Å². The van der Waals surface area contributed by atoms with Crippen LogP contribution in [0.1, 0.15) is 151 Å². The second-order valence-corrected chi connectivity index (χ2v) is 18.5. The van der Waals surface area contributed by atoms with Crippen molar-refractivity contribution in [3.8, 4) is 22.3 Å². The molecule has 4 aromatic carbocycles. The average Bonchev–Trinajstić information content (AvgIpc) is 3.22. The molecule has 0 saturated heterocycles. The first kappa shape index (κ1) is 39.9. The average molecular weight is 747 g/mol. The minimum Gasteiger partial charge on any atom is -0.207 e. The normalized spacial score (nSPS) is 28.6. The van der Waals surface area contributed by atoms with Gasteiger partial charge in [0, 0.05) is 5.56 Å². The van der Waals surface area contributed by atoms with Crippen LogP contribution >= 0.6 is 0 Å². The van der Waals surface area contributed by atoms with Gasteiger partial charge >= 0.3 is 0 Å². The maximum absolute atomic E-state index is 13.9. The number of aryl methyl sites for hydroxylation is 1. The van der Waals surface area contributed by atoms with E-state index in [1.54, 1.807) is 6.07 Å². The van der Waals surface area contributed by atoms with Crippen LogP contribution in [0.25, 0.3) is 22.3 Å². The van der Waals surface area contributed by atoms with Crippen molar-refractivity contribution < 1.29 is 13.2 Å². The molecule has 8 rings (SSSR count). The van der Waals surface area contributed by atoms with E-state index in [1.807, 2.05) is 31.2 Å². The Morgan fingerprint density at radius 2 is 0.691 bits per heavy atom. The van der Waals surface area contributed by atoms with Gasteiger partial charge in [0.05, 0.1) is 0 Å². The predicted molar refractivity (Wildman–Crippen MR) is 225 cm³/mol. The summed E-state index contributed by atoms with van der Waals surface area (Å²) in [6.45, 7) is 8.10. The van der Waals surface area contributed by atoms with Gasteiger partial charge in [-0.1, -0.05) is 100 Å². The van der Waals surface area contributed by atoms with Gasteiger partial charge in [-0.25, -0.2) is 13.2 Å². The summed E-state index contributed by atoms with van der Waals surface area (Å²) in [4.78, 5) is 0.